The van der Waals surface area contributed by atoms with E-state index >= 15 is 0 Å². The predicted octanol–water partition coefficient (Wildman–Crippen LogP) is 0.760. The van der Waals surface area contributed by atoms with E-state index in [9.17, 15) is 8.42 Å². The number of halogens is 1. The van der Waals surface area contributed by atoms with Gasteiger partial charge in [-0.1, -0.05) is 13.8 Å². The van der Waals surface area contributed by atoms with E-state index in [1.165, 1.54) is 8.61 Å². The summed E-state index contributed by atoms with van der Waals surface area (Å²) in [5.74, 6) is 0.282. The molecule has 98 valence electrons. The van der Waals surface area contributed by atoms with Crippen molar-refractivity contribution in [3.8, 4) is 0 Å². The maximum atomic E-state index is 12.1. The Hall–Kier alpha value is 0.120. The van der Waals surface area contributed by atoms with Gasteiger partial charge < -0.3 is 4.74 Å². The van der Waals surface area contributed by atoms with Crippen LogP contribution >= 0.6 is 11.6 Å². The van der Waals surface area contributed by atoms with Crippen molar-refractivity contribution in [2.75, 3.05) is 45.8 Å². The van der Waals surface area contributed by atoms with E-state index in [2.05, 4.69) is 0 Å². The monoisotopic (exact) mass is 272 g/mol. The first-order valence-electron chi connectivity index (χ1n) is 5.34. The van der Waals surface area contributed by atoms with Gasteiger partial charge in [-0.25, -0.2) is 0 Å². The number of hydrogen-bond donors (Lipinski definition) is 0. The Morgan fingerprint density at radius 1 is 1.12 bits per heavy atom. The van der Waals surface area contributed by atoms with Gasteiger partial charge in [0.25, 0.3) is 10.2 Å². The minimum atomic E-state index is -3.40. The summed E-state index contributed by atoms with van der Waals surface area (Å²) in [6, 6.07) is 0. The van der Waals surface area contributed by atoms with E-state index in [0.717, 1.165) is 0 Å². The molecular weight excluding hydrogens is 252 g/mol. The van der Waals surface area contributed by atoms with Crippen molar-refractivity contribution in [1.82, 2.24) is 8.61 Å². The van der Waals surface area contributed by atoms with E-state index in [1.807, 2.05) is 13.8 Å². The van der Waals surface area contributed by atoms with Gasteiger partial charge in [-0.2, -0.15) is 17.0 Å². The van der Waals surface area contributed by atoms with Crippen molar-refractivity contribution in [3.05, 3.63) is 0 Å². The number of hydrogen-bond acceptors (Lipinski definition) is 3. The molecule has 0 bridgehead atoms. The van der Waals surface area contributed by atoms with E-state index in [0.29, 0.717) is 32.8 Å². The van der Waals surface area contributed by atoms with Crippen LogP contribution in [-0.2, 0) is 14.9 Å². The second-order valence-corrected chi connectivity index (χ2v) is 5.48. The van der Waals surface area contributed by atoms with Crippen LogP contribution < -0.4 is 0 Å². The molecule has 0 aromatic heterocycles. The molecule has 0 atom stereocenters. The molecule has 0 aliphatic rings. The molecule has 0 unspecified atom stereocenters. The van der Waals surface area contributed by atoms with Gasteiger partial charge in [0.15, 0.2) is 0 Å². The number of ether oxygens (including phenoxy) is 1. The van der Waals surface area contributed by atoms with Crippen LogP contribution in [0.2, 0.25) is 0 Å². The van der Waals surface area contributed by atoms with E-state index in [-0.39, 0.29) is 5.88 Å². The molecule has 0 amide bonds. The van der Waals surface area contributed by atoms with Crippen LogP contribution in [0.15, 0.2) is 0 Å². The van der Waals surface area contributed by atoms with Gasteiger partial charge in [0.2, 0.25) is 0 Å². The normalized spacial score (nSPS) is 12.6. The topological polar surface area (TPSA) is 49.9 Å². The van der Waals surface area contributed by atoms with Crippen LogP contribution in [0.25, 0.3) is 0 Å². The molecule has 0 saturated carbocycles. The van der Waals surface area contributed by atoms with Gasteiger partial charge in [-0.05, 0) is 0 Å². The van der Waals surface area contributed by atoms with Crippen molar-refractivity contribution in [1.29, 1.82) is 0 Å². The maximum Gasteiger partial charge on any atom is 0.282 e. The van der Waals surface area contributed by atoms with E-state index in [1.54, 1.807) is 7.11 Å². The SMILES string of the molecule is CCN(CC)S(=O)(=O)N(CCCl)CCOC. The van der Waals surface area contributed by atoms with Gasteiger partial charge in [0.05, 0.1) is 6.61 Å². The summed E-state index contributed by atoms with van der Waals surface area (Å²) in [6.45, 7) is 5.57. The third-order valence-electron chi connectivity index (χ3n) is 2.24. The average Bonchev–Trinajstić information content (AvgIpc) is 2.25. The Labute approximate surface area is 103 Å². The quantitative estimate of drug-likeness (QED) is 0.583. The van der Waals surface area contributed by atoms with Crippen LogP contribution in [0.3, 0.4) is 0 Å². The number of nitrogens with zero attached hydrogens (tertiary/aromatic N) is 2. The Bertz CT molecular complexity index is 268. The minimum absolute atomic E-state index is 0.282. The average molecular weight is 273 g/mol. The zero-order valence-electron chi connectivity index (χ0n) is 10.1. The fourth-order valence-corrected chi connectivity index (χ4v) is 3.25. The van der Waals surface area contributed by atoms with Crippen molar-refractivity contribution in [3.63, 3.8) is 0 Å². The fraction of sp³-hybridized carbons (Fsp3) is 1.00. The van der Waals surface area contributed by atoms with Crippen LogP contribution in [-0.4, -0.2) is 62.8 Å². The zero-order chi connectivity index (χ0) is 12.6. The summed E-state index contributed by atoms with van der Waals surface area (Å²) in [4.78, 5) is 0. The van der Waals surface area contributed by atoms with E-state index < -0.39 is 10.2 Å². The lowest BCUT2D eigenvalue weighted by Crippen LogP contribution is -2.45. The number of rotatable bonds is 9. The zero-order valence-corrected chi connectivity index (χ0v) is 11.7. The lowest BCUT2D eigenvalue weighted by atomic mass is 10.6. The summed E-state index contributed by atoms with van der Waals surface area (Å²) < 4.78 is 31.9. The summed E-state index contributed by atoms with van der Waals surface area (Å²) in [5.41, 5.74) is 0. The minimum Gasteiger partial charge on any atom is -0.383 e. The van der Waals surface area contributed by atoms with Crippen LogP contribution in [0.4, 0.5) is 0 Å². The van der Waals surface area contributed by atoms with Gasteiger partial charge >= 0.3 is 0 Å². The standard InChI is InChI=1S/C9H21ClN2O3S/c1-4-11(5-2)16(13,14)12(7-6-10)8-9-15-3/h4-9H2,1-3H3. The summed E-state index contributed by atoms with van der Waals surface area (Å²) in [7, 11) is -1.85. The third-order valence-corrected chi connectivity index (χ3v) is 4.59. The number of methoxy groups -OCH3 is 1. The molecule has 0 radical (unpaired) electrons. The summed E-state index contributed by atoms with van der Waals surface area (Å²) in [6.07, 6.45) is 0. The molecule has 0 fully saturated rings. The second kappa shape index (κ2) is 8.25. The first kappa shape index (κ1) is 16.1. The smallest absolute Gasteiger partial charge is 0.282 e. The molecule has 0 saturated heterocycles. The molecule has 0 N–H and O–H groups in total. The number of alkyl halides is 1. The van der Waals surface area contributed by atoms with Crippen molar-refractivity contribution in [2.24, 2.45) is 0 Å². The molecule has 5 nitrogen and oxygen atoms in total. The van der Waals surface area contributed by atoms with Crippen LogP contribution in [0, 0.1) is 0 Å². The Balaban J connectivity index is 4.72. The highest BCUT2D eigenvalue weighted by Gasteiger charge is 2.26. The van der Waals surface area contributed by atoms with Crippen molar-refractivity contribution >= 4 is 21.8 Å². The Kier molecular flexibility index (Phi) is 8.31. The molecule has 0 aromatic carbocycles. The molecule has 7 heteroatoms. The highest BCUT2D eigenvalue weighted by molar-refractivity contribution is 7.86. The largest absolute Gasteiger partial charge is 0.383 e. The lowest BCUT2D eigenvalue weighted by Gasteiger charge is -2.27. The Morgan fingerprint density at radius 2 is 1.69 bits per heavy atom. The van der Waals surface area contributed by atoms with Gasteiger partial charge in [0, 0.05) is 39.2 Å². The first-order valence-corrected chi connectivity index (χ1v) is 7.27. The van der Waals surface area contributed by atoms with E-state index in [4.69, 9.17) is 16.3 Å². The highest BCUT2D eigenvalue weighted by Crippen LogP contribution is 2.08. The lowest BCUT2D eigenvalue weighted by molar-refractivity contribution is 0.177. The predicted molar refractivity (Wildman–Crippen MR) is 66.0 cm³/mol. The molecule has 0 rings (SSSR count). The summed E-state index contributed by atoms with van der Waals surface area (Å²) >= 11 is 5.61. The molecular formula is C9H21ClN2O3S. The third kappa shape index (κ3) is 4.55. The maximum absolute atomic E-state index is 12.1. The van der Waals surface area contributed by atoms with Crippen molar-refractivity contribution in [2.45, 2.75) is 13.8 Å². The highest BCUT2D eigenvalue weighted by atomic mass is 35.5. The molecule has 0 heterocycles. The van der Waals surface area contributed by atoms with Crippen LogP contribution in [0.5, 0.6) is 0 Å². The fourth-order valence-electron chi connectivity index (χ4n) is 1.34. The molecule has 16 heavy (non-hydrogen) atoms. The van der Waals surface area contributed by atoms with Crippen molar-refractivity contribution < 1.29 is 13.2 Å². The van der Waals surface area contributed by atoms with Gasteiger partial charge in [0.1, 0.15) is 0 Å². The second-order valence-electron chi connectivity index (χ2n) is 3.17. The van der Waals surface area contributed by atoms with Gasteiger partial charge in [-0.3, -0.25) is 0 Å². The van der Waals surface area contributed by atoms with Crippen LogP contribution in [0.1, 0.15) is 13.8 Å². The molecule has 0 aliphatic heterocycles. The molecule has 0 spiro atoms. The Morgan fingerprint density at radius 3 is 2.06 bits per heavy atom. The first-order chi connectivity index (χ1) is 7.54. The summed E-state index contributed by atoms with van der Waals surface area (Å²) in [5, 5.41) is 0. The van der Waals surface area contributed by atoms with Gasteiger partial charge in [-0.15, -0.1) is 11.6 Å². The molecule has 0 aromatic rings. The molecule has 0 aliphatic carbocycles.